The molecule has 2 fully saturated rings. The summed E-state index contributed by atoms with van der Waals surface area (Å²) in [6.45, 7) is 2.24. The average Bonchev–Trinajstić information content (AvgIpc) is 2.15. The Morgan fingerprint density at radius 2 is 2.33 bits per heavy atom. The van der Waals surface area contributed by atoms with Gasteiger partial charge >= 0.3 is 5.97 Å². The van der Waals surface area contributed by atoms with E-state index in [0.29, 0.717) is 19.4 Å². The number of esters is 1. The number of amides is 1. The van der Waals surface area contributed by atoms with Crippen molar-refractivity contribution in [3.8, 4) is 0 Å². The zero-order valence-corrected chi connectivity index (χ0v) is 9.58. The van der Waals surface area contributed by atoms with Crippen LogP contribution in [0.2, 0.25) is 0 Å². The minimum atomic E-state index is -0.588. The molecule has 2 rings (SSSR count). The van der Waals surface area contributed by atoms with Gasteiger partial charge in [-0.2, -0.15) is 0 Å². The lowest BCUT2D eigenvalue weighted by Gasteiger charge is -2.51. The van der Waals surface area contributed by atoms with Crippen LogP contribution in [0.1, 0.15) is 19.8 Å². The summed E-state index contributed by atoms with van der Waals surface area (Å²) in [6, 6.07) is 0.223. The number of ether oxygens (including phenoxy) is 1. The Balaban J connectivity index is 2.15. The fraction of sp³-hybridized carbons (Fsp3) is 0.800. The lowest BCUT2D eigenvalue weighted by molar-refractivity contribution is -0.159. The van der Waals surface area contributed by atoms with Crippen LogP contribution in [0, 0.1) is 5.92 Å². The van der Waals surface area contributed by atoms with E-state index in [1.54, 1.807) is 4.90 Å². The average molecular weight is 232 g/mol. The summed E-state index contributed by atoms with van der Waals surface area (Å²) in [4.78, 5) is 23.9. The lowest BCUT2D eigenvalue weighted by atomic mass is 9.77. The van der Waals surface area contributed by atoms with Crippen LogP contribution in [0.15, 0.2) is 0 Å². The second-order valence-corrected chi connectivity index (χ2v) is 5.33. The molecular formula is C10H14ClNO3. The molecule has 2 aliphatic heterocycles. The Labute approximate surface area is 93.5 Å². The van der Waals surface area contributed by atoms with Crippen molar-refractivity contribution >= 4 is 23.5 Å². The van der Waals surface area contributed by atoms with Gasteiger partial charge in [0.1, 0.15) is 0 Å². The number of carbonyl (C=O) groups excluding carboxylic acids is 2. The van der Waals surface area contributed by atoms with E-state index in [1.807, 2.05) is 6.92 Å². The Morgan fingerprint density at radius 1 is 1.67 bits per heavy atom. The predicted octanol–water partition coefficient (Wildman–Crippen LogP) is 0.778. The first-order chi connectivity index (χ1) is 6.95. The molecule has 0 aliphatic carbocycles. The molecule has 0 bridgehead atoms. The summed E-state index contributed by atoms with van der Waals surface area (Å²) in [5.41, 5.74) is 0. The van der Waals surface area contributed by atoms with E-state index in [1.165, 1.54) is 7.11 Å². The third-order valence-electron chi connectivity index (χ3n) is 3.40. The van der Waals surface area contributed by atoms with Crippen molar-refractivity contribution in [3.05, 3.63) is 0 Å². The highest BCUT2D eigenvalue weighted by Crippen LogP contribution is 2.42. The Kier molecular flexibility index (Phi) is 2.41. The van der Waals surface area contributed by atoms with Gasteiger partial charge in [0.2, 0.25) is 5.91 Å². The van der Waals surface area contributed by atoms with E-state index in [9.17, 15) is 9.59 Å². The van der Waals surface area contributed by atoms with Crippen LogP contribution < -0.4 is 0 Å². The SMILES string of the molecule is COC(=O)C1CN2C(=O)CC2CC1(C)Cl. The van der Waals surface area contributed by atoms with Gasteiger partial charge in [0, 0.05) is 19.0 Å². The minimum absolute atomic E-state index is 0.112. The number of hydrogen-bond acceptors (Lipinski definition) is 3. The molecule has 2 saturated heterocycles. The van der Waals surface area contributed by atoms with Gasteiger partial charge in [0.25, 0.3) is 0 Å². The van der Waals surface area contributed by atoms with E-state index >= 15 is 0 Å². The number of piperidine rings is 1. The van der Waals surface area contributed by atoms with Crippen molar-refractivity contribution < 1.29 is 14.3 Å². The maximum absolute atomic E-state index is 11.5. The molecule has 0 saturated carbocycles. The predicted molar refractivity (Wildman–Crippen MR) is 54.5 cm³/mol. The number of halogens is 1. The van der Waals surface area contributed by atoms with Crippen LogP contribution in [0.5, 0.6) is 0 Å². The number of alkyl halides is 1. The van der Waals surface area contributed by atoms with Gasteiger partial charge in [0.05, 0.1) is 17.9 Å². The van der Waals surface area contributed by atoms with Gasteiger partial charge in [-0.15, -0.1) is 11.6 Å². The normalized spacial score (nSPS) is 39.4. The van der Waals surface area contributed by atoms with Crippen molar-refractivity contribution in [2.45, 2.75) is 30.7 Å². The van der Waals surface area contributed by atoms with Crippen molar-refractivity contribution in [1.29, 1.82) is 0 Å². The summed E-state index contributed by atoms with van der Waals surface area (Å²) in [7, 11) is 1.35. The van der Waals surface area contributed by atoms with Crippen LogP contribution in [-0.2, 0) is 14.3 Å². The fourth-order valence-corrected chi connectivity index (χ4v) is 2.74. The van der Waals surface area contributed by atoms with Gasteiger partial charge in [-0.05, 0) is 13.3 Å². The van der Waals surface area contributed by atoms with E-state index in [2.05, 4.69) is 0 Å². The molecule has 2 heterocycles. The quantitative estimate of drug-likeness (QED) is 0.381. The monoisotopic (exact) mass is 231 g/mol. The van der Waals surface area contributed by atoms with E-state index in [0.717, 1.165) is 0 Å². The molecule has 0 N–H and O–H groups in total. The molecule has 4 nitrogen and oxygen atoms in total. The van der Waals surface area contributed by atoms with Crippen molar-refractivity contribution in [1.82, 2.24) is 4.90 Å². The Bertz CT molecular complexity index is 316. The zero-order chi connectivity index (χ0) is 11.2. The molecule has 0 aromatic rings. The summed E-state index contributed by atoms with van der Waals surface area (Å²) in [5, 5.41) is 0. The molecule has 2 aliphatic rings. The summed E-state index contributed by atoms with van der Waals surface area (Å²) >= 11 is 6.31. The van der Waals surface area contributed by atoms with Gasteiger partial charge < -0.3 is 9.64 Å². The third-order valence-corrected chi connectivity index (χ3v) is 3.82. The van der Waals surface area contributed by atoms with Gasteiger partial charge in [0.15, 0.2) is 0 Å². The van der Waals surface area contributed by atoms with Crippen LogP contribution in [0.4, 0.5) is 0 Å². The topological polar surface area (TPSA) is 46.6 Å². The number of rotatable bonds is 1. The maximum atomic E-state index is 11.5. The fourth-order valence-electron chi connectivity index (χ4n) is 2.41. The zero-order valence-electron chi connectivity index (χ0n) is 8.83. The highest BCUT2D eigenvalue weighted by atomic mass is 35.5. The number of nitrogens with zero attached hydrogens (tertiary/aromatic N) is 1. The molecular weight excluding hydrogens is 218 g/mol. The van der Waals surface area contributed by atoms with Crippen LogP contribution >= 0.6 is 11.6 Å². The number of methoxy groups -OCH3 is 1. The number of carbonyl (C=O) groups is 2. The highest BCUT2D eigenvalue weighted by Gasteiger charge is 2.52. The van der Waals surface area contributed by atoms with Crippen molar-refractivity contribution in [2.24, 2.45) is 5.92 Å². The number of hydrogen-bond donors (Lipinski definition) is 0. The van der Waals surface area contributed by atoms with Crippen LogP contribution in [0.25, 0.3) is 0 Å². The largest absolute Gasteiger partial charge is 0.469 e. The van der Waals surface area contributed by atoms with Crippen LogP contribution in [-0.4, -0.2) is 41.3 Å². The summed E-state index contributed by atoms with van der Waals surface area (Å²) in [6.07, 6.45) is 1.23. The van der Waals surface area contributed by atoms with Crippen molar-refractivity contribution in [2.75, 3.05) is 13.7 Å². The van der Waals surface area contributed by atoms with Crippen LogP contribution in [0.3, 0.4) is 0 Å². The number of β-lactam (4-membered cyclic amide) rings is 1. The van der Waals surface area contributed by atoms with Gasteiger partial charge in [-0.1, -0.05) is 0 Å². The second kappa shape index (κ2) is 3.37. The smallest absolute Gasteiger partial charge is 0.312 e. The van der Waals surface area contributed by atoms with E-state index < -0.39 is 10.8 Å². The molecule has 3 unspecified atom stereocenters. The highest BCUT2D eigenvalue weighted by molar-refractivity contribution is 6.25. The number of fused-ring (bicyclic) bond motifs is 1. The van der Waals surface area contributed by atoms with E-state index in [-0.39, 0.29) is 17.9 Å². The van der Waals surface area contributed by atoms with Gasteiger partial charge in [-0.3, -0.25) is 9.59 Å². The minimum Gasteiger partial charge on any atom is -0.469 e. The molecule has 0 aromatic carbocycles. The maximum Gasteiger partial charge on any atom is 0.312 e. The van der Waals surface area contributed by atoms with E-state index in [4.69, 9.17) is 16.3 Å². The summed E-state index contributed by atoms with van der Waals surface area (Å²) in [5.74, 6) is -0.628. The van der Waals surface area contributed by atoms with Gasteiger partial charge in [-0.25, -0.2) is 0 Å². The first-order valence-corrected chi connectivity index (χ1v) is 5.39. The Hall–Kier alpha value is -0.770. The molecule has 1 amide bonds. The molecule has 3 atom stereocenters. The first kappa shape index (κ1) is 10.7. The first-order valence-electron chi connectivity index (χ1n) is 5.02. The molecule has 15 heavy (non-hydrogen) atoms. The Morgan fingerprint density at radius 3 is 2.87 bits per heavy atom. The third kappa shape index (κ3) is 1.61. The lowest BCUT2D eigenvalue weighted by Crippen LogP contribution is -2.63. The molecule has 0 spiro atoms. The molecule has 0 radical (unpaired) electrons. The molecule has 5 heteroatoms. The van der Waals surface area contributed by atoms with Crippen molar-refractivity contribution in [3.63, 3.8) is 0 Å². The second-order valence-electron chi connectivity index (χ2n) is 4.46. The molecule has 0 aromatic heterocycles. The molecule has 84 valence electrons. The summed E-state index contributed by atoms with van der Waals surface area (Å²) < 4.78 is 4.71. The standard InChI is InChI=1S/C10H14ClNO3/c1-10(11)4-6-3-8(13)12(6)5-7(10)9(14)15-2/h6-7H,3-5H2,1-2H3.